The van der Waals surface area contributed by atoms with Gasteiger partial charge in [0.05, 0.1) is 6.10 Å². The lowest BCUT2D eigenvalue weighted by molar-refractivity contribution is -0.0359. The summed E-state index contributed by atoms with van der Waals surface area (Å²) in [7, 11) is 2.08. The molecule has 2 unspecified atom stereocenters. The van der Waals surface area contributed by atoms with Crippen LogP contribution in [-0.2, 0) is 4.74 Å². The maximum atomic E-state index is 6.14. The van der Waals surface area contributed by atoms with E-state index in [0.29, 0.717) is 17.6 Å². The van der Waals surface area contributed by atoms with E-state index in [9.17, 15) is 0 Å². The van der Waals surface area contributed by atoms with Crippen LogP contribution in [0, 0.1) is 5.41 Å². The number of ether oxygens (including phenoxy) is 1. The molecular weight excluding hydrogens is 222 g/mol. The molecule has 1 fully saturated rings. The molecule has 1 rings (SSSR count). The van der Waals surface area contributed by atoms with Gasteiger partial charge in [0.1, 0.15) is 0 Å². The predicted octanol–water partition coefficient (Wildman–Crippen LogP) is 4.14. The van der Waals surface area contributed by atoms with Gasteiger partial charge in [-0.2, -0.15) is 0 Å². The highest BCUT2D eigenvalue weighted by atomic mass is 16.5. The fourth-order valence-corrected chi connectivity index (χ4v) is 3.28. The highest BCUT2D eigenvalue weighted by molar-refractivity contribution is 4.93. The second kappa shape index (κ2) is 8.16. The molecule has 0 spiro atoms. The molecule has 18 heavy (non-hydrogen) atoms. The van der Waals surface area contributed by atoms with Crippen LogP contribution in [0.4, 0.5) is 0 Å². The SMILES string of the molecule is CCCCCCCOC1CCCC(C)(C)C1NC. The fraction of sp³-hybridized carbons (Fsp3) is 1.00. The first-order valence-electron chi connectivity index (χ1n) is 7.90. The van der Waals surface area contributed by atoms with Gasteiger partial charge in [-0.1, -0.05) is 52.9 Å². The third-order valence-electron chi connectivity index (χ3n) is 4.41. The molecule has 0 radical (unpaired) electrons. The van der Waals surface area contributed by atoms with Crippen molar-refractivity contribution in [3.05, 3.63) is 0 Å². The van der Waals surface area contributed by atoms with Crippen LogP contribution in [-0.4, -0.2) is 25.8 Å². The number of nitrogens with one attached hydrogen (secondary N) is 1. The van der Waals surface area contributed by atoms with Gasteiger partial charge in [-0.3, -0.25) is 0 Å². The Morgan fingerprint density at radius 2 is 1.89 bits per heavy atom. The van der Waals surface area contributed by atoms with Crippen LogP contribution < -0.4 is 5.32 Å². The van der Waals surface area contributed by atoms with E-state index in [4.69, 9.17) is 4.74 Å². The summed E-state index contributed by atoms with van der Waals surface area (Å²) in [5, 5.41) is 3.48. The van der Waals surface area contributed by atoms with Crippen molar-refractivity contribution < 1.29 is 4.74 Å². The van der Waals surface area contributed by atoms with Crippen LogP contribution in [0.2, 0.25) is 0 Å². The summed E-state index contributed by atoms with van der Waals surface area (Å²) < 4.78 is 6.14. The normalized spacial score (nSPS) is 27.3. The molecule has 0 bridgehead atoms. The van der Waals surface area contributed by atoms with Crippen molar-refractivity contribution in [2.45, 2.75) is 84.3 Å². The number of hydrogen-bond acceptors (Lipinski definition) is 2. The third kappa shape index (κ3) is 4.89. The van der Waals surface area contributed by atoms with Crippen molar-refractivity contribution in [1.82, 2.24) is 5.32 Å². The Morgan fingerprint density at radius 1 is 1.17 bits per heavy atom. The molecule has 2 heteroatoms. The van der Waals surface area contributed by atoms with Crippen molar-refractivity contribution in [2.75, 3.05) is 13.7 Å². The molecule has 1 aliphatic carbocycles. The molecule has 0 heterocycles. The molecular formula is C16H33NO. The molecule has 0 amide bonds. The minimum atomic E-state index is 0.375. The summed E-state index contributed by atoms with van der Waals surface area (Å²) in [6.07, 6.45) is 10.9. The maximum Gasteiger partial charge on any atom is 0.0733 e. The van der Waals surface area contributed by atoms with Crippen LogP contribution in [0.15, 0.2) is 0 Å². The molecule has 0 aliphatic heterocycles. The van der Waals surface area contributed by atoms with E-state index >= 15 is 0 Å². The summed E-state index contributed by atoms with van der Waals surface area (Å²) >= 11 is 0. The summed E-state index contributed by atoms with van der Waals surface area (Å²) in [5.74, 6) is 0. The predicted molar refractivity (Wildman–Crippen MR) is 79.0 cm³/mol. The average Bonchev–Trinajstić information content (AvgIpc) is 2.32. The molecule has 1 aliphatic rings. The smallest absolute Gasteiger partial charge is 0.0733 e. The van der Waals surface area contributed by atoms with E-state index in [1.165, 1.54) is 51.4 Å². The van der Waals surface area contributed by atoms with Crippen LogP contribution in [0.1, 0.15) is 72.1 Å². The van der Waals surface area contributed by atoms with Crippen molar-refractivity contribution in [1.29, 1.82) is 0 Å². The molecule has 0 aromatic carbocycles. The third-order valence-corrected chi connectivity index (χ3v) is 4.41. The van der Waals surface area contributed by atoms with Crippen molar-refractivity contribution >= 4 is 0 Å². The first kappa shape index (κ1) is 16.0. The lowest BCUT2D eigenvalue weighted by Gasteiger charge is -2.43. The molecule has 0 aromatic rings. The Morgan fingerprint density at radius 3 is 2.56 bits per heavy atom. The Labute approximate surface area is 114 Å². The van der Waals surface area contributed by atoms with Crippen molar-refractivity contribution in [3.8, 4) is 0 Å². The van der Waals surface area contributed by atoms with Gasteiger partial charge in [0, 0.05) is 12.6 Å². The van der Waals surface area contributed by atoms with E-state index < -0.39 is 0 Å². The van der Waals surface area contributed by atoms with Gasteiger partial charge >= 0.3 is 0 Å². The second-order valence-electron chi connectivity index (χ2n) is 6.47. The Bertz CT molecular complexity index is 215. The first-order valence-corrected chi connectivity index (χ1v) is 7.90. The number of hydrogen-bond donors (Lipinski definition) is 1. The van der Waals surface area contributed by atoms with Gasteiger partial charge in [-0.15, -0.1) is 0 Å². The topological polar surface area (TPSA) is 21.3 Å². The first-order chi connectivity index (χ1) is 8.61. The molecule has 0 saturated heterocycles. The van der Waals surface area contributed by atoms with Gasteiger partial charge in [-0.05, 0) is 31.7 Å². The summed E-state index contributed by atoms with van der Waals surface area (Å²) in [6, 6.07) is 0.516. The van der Waals surface area contributed by atoms with Crippen LogP contribution in [0.25, 0.3) is 0 Å². The van der Waals surface area contributed by atoms with Gasteiger partial charge in [0.2, 0.25) is 0 Å². The highest BCUT2D eigenvalue weighted by Gasteiger charge is 2.38. The molecule has 0 aromatic heterocycles. The standard InChI is InChI=1S/C16H33NO/c1-5-6-7-8-9-13-18-14-11-10-12-16(2,3)15(14)17-4/h14-15,17H,5-13H2,1-4H3. The van der Waals surface area contributed by atoms with Crippen molar-refractivity contribution in [2.24, 2.45) is 5.41 Å². The van der Waals surface area contributed by atoms with E-state index in [1.807, 2.05) is 0 Å². The lowest BCUT2D eigenvalue weighted by atomic mass is 9.72. The zero-order chi connectivity index (χ0) is 13.4. The van der Waals surface area contributed by atoms with Crippen LogP contribution >= 0.6 is 0 Å². The molecule has 1 N–H and O–H groups in total. The van der Waals surface area contributed by atoms with E-state index in [2.05, 4.69) is 33.1 Å². The second-order valence-corrected chi connectivity index (χ2v) is 6.47. The van der Waals surface area contributed by atoms with Gasteiger partial charge < -0.3 is 10.1 Å². The zero-order valence-electron chi connectivity index (χ0n) is 12.9. The largest absolute Gasteiger partial charge is 0.377 e. The maximum absolute atomic E-state index is 6.14. The number of unbranched alkanes of at least 4 members (excludes halogenated alkanes) is 4. The van der Waals surface area contributed by atoms with Crippen LogP contribution in [0.3, 0.4) is 0 Å². The number of likely N-dealkylation sites (N-methyl/N-ethyl adjacent to an activating group) is 1. The fourth-order valence-electron chi connectivity index (χ4n) is 3.28. The Hall–Kier alpha value is -0.0800. The number of rotatable bonds is 8. The van der Waals surface area contributed by atoms with Crippen LogP contribution in [0.5, 0.6) is 0 Å². The van der Waals surface area contributed by atoms with Gasteiger partial charge in [0.15, 0.2) is 0 Å². The Kier molecular flexibility index (Phi) is 7.25. The minimum Gasteiger partial charge on any atom is -0.377 e. The van der Waals surface area contributed by atoms with E-state index in [0.717, 1.165) is 6.61 Å². The summed E-state index contributed by atoms with van der Waals surface area (Å²) in [4.78, 5) is 0. The summed E-state index contributed by atoms with van der Waals surface area (Å²) in [6.45, 7) is 7.94. The van der Waals surface area contributed by atoms with Gasteiger partial charge in [0.25, 0.3) is 0 Å². The average molecular weight is 255 g/mol. The molecule has 1 saturated carbocycles. The molecule has 2 nitrogen and oxygen atoms in total. The highest BCUT2D eigenvalue weighted by Crippen LogP contribution is 2.36. The Balaban J connectivity index is 2.23. The lowest BCUT2D eigenvalue weighted by Crippen LogP contribution is -2.52. The van der Waals surface area contributed by atoms with Gasteiger partial charge in [-0.25, -0.2) is 0 Å². The molecule has 2 atom stereocenters. The molecule has 108 valence electrons. The van der Waals surface area contributed by atoms with Crippen molar-refractivity contribution in [3.63, 3.8) is 0 Å². The monoisotopic (exact) mass is 255 g/mol. The van der Waals surface area contributed by atoms with E-state index in [1.54, 1.807) is 0 Å². The summed E-state index contributed by atoms with van der Waals surface area (Å²) in [5.41, 5.74) is 0.375. The minimum absolute atomic E-state index is 0.375. The van der Waals surface area contributed by atoms with E-state index in [-0.39, 0.29) is 0 Å². The zero-order valence-corrected chi connectivity index (χ0v) is 12.9. The quantitative estimate of drug-likeness (QED) is 0.658.